The summed E-state index contributed by atoms with van der Waals surface area (Å²) in [6.45, 7) is 3.15. The van der Waals surface area contributed by atoms with Crippen molar-refractivity contribution in [2.24, 2.45) is 0 Å². The standard InChI is InChI=1S/C13H16FNO/c1-13(14)6-8-15(9-7-13)12-4-2-11(10-16)3-5-12/h2-5,10H,6-9H2,1H3. The van der Waals surface area contributed by atoms with Gasteiger partial charge in [0.15, 0.2) is 0 Å². The average Bonchev–Trinajstić information content (AvgIpc) is 2.29. The summed E-state index contributed by atoms with van der Waals surface area (Å²) in [5.41, 5.74) is 0.733. The molecule has 2 rings (SSSR count). The van der Waals surface area contributed by atoms with Crippen LogP contribution in [-0.4, -0.2) is 25.0 Å². The van der Waals surface area contributed by atoms with Crippen molar-refractivity contribution in [1.82, 2.24) is 0 Å². The smallest absolute Gasteiger partial charge is 0.150 e. The van der Waals surface area contributed by atoms with E-state index in [-0.39, 0.29) is 0 Å². The molecule has 86 valence electrons. The second kappa shape index (κ2) is 4.24. The molecular formula is C13H16FNO. The van der Waals surface area contributed by atoms with Crippen molar-refractivity contribution in [3.8, 4) is 0 Å². The Balaban J connectivity index is 2.05. The van der Waals surface area contributed by atoms with Crippen LogP contribution in [0.4, 0.5) is 10.1 Å². The predicted octanol–water partition coefficient (Wildman–Crippen LogP) is 2.83. The van der Waals surface area contributed by atoms with Gasteiger partial charge in [-0.2, -0.15) is 0 Å². The topological polar surface area (TPSA) is 20.3 Å². The first-order valence-corrected chi connectivity index (χ1v) is 5.60. The number of aldehydes is 1. The second-order valence-corrected chi connectivity index (χ2v) is 4.61. The summed E-state index contributed by atoms with van der Waals surface area (Å²) >= 11 is 0. The fourth-order valence-electron chi connectivity index (χ4n) is 1.99. The molecule has 0 radical (unpaired) electrons. The fraction of sp³-hybridized carbons (Fsp3) is 0.462. The number of hydrogen-bond donors (Lipinski definition) is 0. The minimum absolute atomic E-state index is 0.572. The van der Waals surface area contributed by atoms with E-state index in [4.69, 9.17) is 0 Å². The van der Waals surface area contributed by atoms with Gasteiger partial charge in [0.25, 0.3) is 0 Å². The summed E-state index contributed by atoms with van der Waals surface area (Å²) in [5.74, 6) is 0. The normalized spacial score (nSPS) is 19.5. The van der Waals surface area contributed by atoms with Crippen LogP contribution in [0.2, 0.25) is 0 Å². The second-order valence-electron chi connectivity index (χ2n) is 4.61. The van der Waals surface area contributed by atoms with Crippen molar-refractivity contribution in [2.45, 2.75) is 25.4 Å². The van der Waals surface area contributed by atoms with Crippen LogP contribution in [0.25, 0.3) is 0 Å². The zero-order valence-electron chi connectivity index (χ0n) is 9.45. The van der Waals surface area contributed by atoms with Crippen LogP contribution in [0, 0.1) is 0 Å². The molecule has 0 spiro atoms. The Bertz CT molecular complexity index is 362. The number of carbonyl (C=O) groups excluding carboxylic acids is 1. The Morgan fingerprint density at radius 3 is 2.31 bits per heavy atom. The summed E-state index contributed by atoms with van der Waals surface area (Å²) in [5, 5.41) is 0. The van der Waals surface area contributed by atoms with Crippen LogP contribution >= 0.6 is 0 Å². The Hall–Kier alpha value is -1.38. The van der Waals surface area contributed by atoms with E-state index in [0.717, 1.165) is 25.1 Å². The lowest BCUT2D eigenvalue weighted by Gasteiger charge is -2.35. The Morgan fingerprint density at radius 2 is 1.81 bits per heavy atom. The van der Waals surface area contributed by atoms with Gasteiger partial charge in [-0.3, -0.25) is 4.79 Å². The van der Waals surface area contributed by atoms with Gasteiger partial charge in [-0.15, -0.1) is 0 Å². The van der Waals surface area contributed by atoms with Gasteiger partial charge in [-0.1, -0.05) is 0 Å². The highest BCUT2D eigenvalue weighted by atomic mass is 19.1. The minimum atomic E-state index is -1.01. The maximum absolute atomic E-state index is 13.6. The van der Waals surface area contributed by atoms with Gasteiger partial charge in [0.05, 0.1) is 0 Å². The molecule has 1 aliphatic heterocycles. The van der Waals surface area contributed by atoms with E-state index in [2.05, 4.69) is 4.90 Å². The highest BCUT2D eigenvalue weighted by molar-refractivity contribution is 5.75. The Morgan fingerprint density at radius 1 is 1.25 bits per heavy atom. The molecule has 0 amide bonds. The third-order valence-corrected chi connectivity index (χ3v) is 3.20. The molecule has 0 aliphatic carbocycles. The van der Waals surface area contributed by atoms with Crippen LogP contribution in [0.5, 0.6) is 0 Å². The number of anilines is 1. The number of alkyl halides is 1. The fourth-order valence-corrected chi connectivity index (χ4v) is 1.99. The molecule has 0 aromatic heterocycles. The van der Waals surface area contributed by atoms with E-state index in [9.17, 15) is 9.18 Å². The van der Waals surface area contributed by atoms with Gasteiger partial charge in [0.1, 0.15) is 12.0 Å². The van der Waals surface area contributed by atoms with Crippen LogP contribution in [0.3, 0.4) is 0 Å². The maximum Gasteiger partial charge on any atom is 0.150 e. The summed E-state index contributed by atoms with van der Waals surface area (Å²) < 4.78 is 13.6. The molecule has 0 bridgehead atoms. The highest BCUT2D eigenvalue weighted by Gasteiger charge is 2.29. The summed E-state index contributed by atoms with van der Waals surface area (Å²) in [4.78, 5) is 12.7. The molecular weight excluding hydrogens is 205 g/mol. The average molecular weight is 221 g/mol. The summed E-state index contributed by atoms with van der Waals surface area (Å²) in [6, 6.07) is 7.44. The first-order valence-electron chi connectivity index (χ1n) is 5.60. The molecule has 0 atom stereocenters. The lowest BCUT2D eigenvalue weighted by atomic mass is 9.95. The molecule has 1 saturated heterocycles. The zero-order valence-corrected chi connectivity index (χ0v) is 9.45. The van der Waals surface area contributed by atoms with Crippen LogP contribution in [0.1, 0.15) is 30.1 Å². The van der Waals surface area contributed by atoms with Crippen molar-refractivity contribution < 1.29 is 9.18 Å². The quantitative estimate of drug-likeness (QED) is 0.716. The van der Waals surface area contributed by atoms with Gasteiger partial charge in [0, 0.05) is 24.3 Å². The van der Waals surface area contributed by atoms with E-state index in [1.165, 1.54) is 0 Å². The maximum atomic E-state index is 13.6. The Kier molecular flexibility index (Phi) is 2.95. The van der Waals surface area contributed by atoms with Crippen LogP contribution < -0.4 is 4.90 Å². The monoisotopic (exact) mass is 221 g/mol. The number of halogens is 1. The van der Waals surface area contributed by atoms with Crippen molar-refractivity contribution in [2.75, 3.05) is 18.0 Å². The number of nitrogens with zero attached hydrogens (tertiary/aromatic N) is 1. The molecule has 1 aromatic rings. The molecule has 1 heterocycles. The number of carbonyl (C=O) groups is 1. The van der Waals surface area contributed by atoms with Gasteiger partial charge < -0.3 is 4.90 Å². The summed E-state index contributed by atoms with van der Waals surface area (Å²) in [6.07, 6.45) is 1.98. The first-order chi connectivity index (χ1) is 7.61. The minimum Gasteiger partial charge on any atom is -0.371 e. The van der Waals surface area contributed by atoms with E-state index in [1.54, 1.807) is 19.1 Å². The van der Waals surface area contributed by atoms with Gasteiger partial charge in [0.2, 0.25) is 0 Å². The van der Waals surface area contributed by atoms with Gasteiger partial charge in [-0.05, 0) is 44.0 Å². The molecule has 0 unspecified atom stereocenters. The van der Waals surface area contributed by atoms with Crippen molar-refractivity contribution in [3.05, 3.63) is 29.8 Å². The predicted molar refractivity (Wildman–Crippen MR) is 62.8 cm³/mol. The largest absolute Gasteiger partial charge is 0.371 e. The molecule has 2 nitrogen and oxygen atoms in total. The third kappa shape index (κ3) is 2.40. The van der Waals surface area contributed by atoms with E-state index in [1.807, 2.05) is 12.1 Å². The molecule has 1 aliphatic rings. The number of hydrogen-bond acceptors (Lipinski definition) is 2. The number of benzene rings is 1. The number of piperidine rings is 1. The SMILES string of the molecule is CC1(F)CCN(c2ccc(C=O)cc2)CC1. The molecule has 1 fully saturated rings. The number of rotatable bonds is 2. The van der Waals surface area contributed by atoms with Crippen LogP contribution in [-0.2, 0) is 0 Å². The zero-order chi connectivity index (χ0) is 11.6. The van der Waals surface area contributed by atoms with Crippen molar-refractivity contribution in [1.29, 1.82) is 0 Å². The lowest BCUT2D eigenvalue weighted by molar-refractivity contribution is 0.112. The van der Waals surface area contributed by atoms with Gasteiger partial charge >= 0.3 is 0 Å². The molecule has 3 heteroatoms. The van der Waals surface area contributed by atoms with Gasteiger partial charge in [-0.25, -0.2) is 4.39 Å². The van der Waals surface area contributed by atoms with Crippen molar-refractivity contribution >= 4 is 12.0 Å². The molecule has 16 heavy (non-hydrogen) atoms. The molecule has 1 aromatic carbocycles. The van der Waals surface area contributed by atoms with Crippen molar-refractivity contribution in [3.63, 3.8) is 0 Å². The molecule has 0 N–H and O–H groups in total. The first kappa shape index (κ1) is 11.1. The van der Waals surface area contributed by atoms with Crippen LogP contribution in [0.15, 0.2) is 24.3 Å². The lowest BCUT2D eigenvalue weighted by Crippen LogP contribution is -2.40. The third-order valence-electron chi connectivity index (χ3n) is 3.20. The highest BCUT2D eigenvalue weighted by Crippen LogP contribution is 2.28. The van der Waals surface area contributed by atoms with E-state index in [0.29, 0.717) is 18.4 Å². The Labute approximate surface area is 95.1 Å². The van der Waals surface area contributed by atoms with E-state index < -0.39 is 5.67 Å². The summed E-state index contributed by atoms with van der Waals surface area (Å²) in [7, 11) is 0. The van der Waals surface area contributed by atoms with E-state index >= 15 is 0 Å². The molecule has 0 saturated carbocycles.